The maximum Gasteiger partial charge on any atom is 0.294 e. The molecule has 0 atom stereocenters. The Morgan fingerprint density at radius 1 is 1.34 bits per heavy atom. The second kappa shape index (κ2) is 10.3. The lowest BCUT2D eigenvalue weighted by molar-refractivity contribution is -0.127. The summed E-state index contributed by atoms with van der Waals surface area (Å²) in [5, 5.41) is 1.87. The van der Waals surface area contributed by atoms with Crippen molar-refractivity contribution in [2.45, 2.75) is 0 Å². The molecule has 1 aliphatic rings. The molecule has 3 rings (SSSR count). The molecule has 10 heteroatoms. The van der Waals surface area contributed by atoms with Crippen LogP contribution in [0.2, 0.25) is 0 Å². The fourth-order valence-corrected chi connectivity index (χ4v) is 4.19. The quantitative estimate of drug-likeness (QED) is 0.434. The van der Waals surface area contributed by atoms with Gasteiger partial charge in [-0.1, -0.05) is 12.0 Å². The highest BCUT2D eigenvalue weighted by Gasteiger charge is 2.36. The Morgan fingerprint density at radius 3 is 2.81 bits per heavy atom. The van der Waals surface area contributed by atoms with Gasteiger partial charge in [0.25, 0.3) is 11.1 Å². The van der Waals surface area contributed by atoms with E-state index in [4.69, 9.17) is 15.9 Å². The van der Waals surface area contributed by atoms with Crippen LogP contribution in [-0.2, 0) is 9.59 Å². The van der Waals surface area contributed by atoms with Crippen molar-refractivity contribution in [1.29, 1.82) is 0 Å². The van der Waals surface area contributed by atoms with E-state index in [1.54, 1.807) is 12.1 Å². The van der Waals surface area contributed by atoms with Crippen LogP contribution in [0.1, 0.15) is 5.56 Å². The van der Waals surface area contributed by atoms with Crippen molar-refractivity contribution in [3.05, 3.63) is 57.2 Å². The number of methoxy groups -OCH3 is 1. The molecule has 0 bridgehead atoms. The molecule has 32 heavy (non-hydrogen) atoms. The van der Waals surface area contributed by atoms with E-state index >= 15 is 0 Å². The first-order chi connectivity index (χ1) is 15.3. The average Bonchev–Trinajstić information content (AvgIpc) is 3.00. The highest BCUT2D eigenvalue weighted by atomic mass is 79.9. The third-order valence-corrected chi connectivity index (χ3v) is 5.63. The van der Waals surface area contributed by atoms with Crippen molar-refractivity contribution in [2.24, 2.45) is 0 Å². The molecule has 1 aliphatic heterocycles. The molecule has 0 aliphatic carbocycles. The van der Waals surface area contributed by atoms with E-state index in [1.807, 2.05) is 0 Å². The topological polar surface area (TPSA) is 84.9 Å². The Hall–Kier alpha value is -3.29. The first-order valence-corrected chi connectivity index (χ1v) is 10.7. The lowest BCUT2D eigenvalue weighted by atomic mass is 10.2. The largest absolute Gasteiger partial charge is 0.493 e. The number of hydrogen-bond acceptors (Lipinski definition) is 6. The van der Waals surface area contributed by atoms with Crippen LogP contribution < -0.4 is 14.8 Å². The molecule has 0 aromatic heterocycles. The standard InChI is InChI=1S/C22H16BrFN2O5S/c1-3-7-31-20-16(23)8-13(9-17(20)30-2)10-18-21(28)26(22(29)32-18)12-19(27)25-15-6-4-5-14(24)11-15/h1,4-6,8-11H,7,12H2,2H3,(H,25,27)/b18-10+. The van der Waals surface area contributed by atoms with Crippen LogP contribution in [0.3, 0.4) is 0 Å². The van der Waals surface area contributed by atoms with Crippen molar-refractivity contribution in [3.63, 3.8) is 0 Å². The number of carbonyl (C=O) groups is 3. The van der Waals surface area contributed by atoms with Gasteiger partial charge < -0.3 is 14.8 Å². The summed E-state index contributed by atoms with van der Waals surface area (Å²) < 4.78 is 24.6. The smallest absolute Gasteiger partial charge is 0.294 e. The summed E-state index contributed by atoms with van der Waals surface area (Å²) in [5.74, 6) is 1.40. The zero-order valence-corrected chi connectivity index (χ0v) is 19.1. The van der Waals surface area contributed by atoms with Crippen molar-refractivity contribution in [3.8, 4) is 23.8 Å². The number of nitrogens with zero attached hydrogens (tertiary/aromatic N) is 1. The highest BCUT2D eigenvalue weighted by Crippen LogP contribution is 2.39. The van der Waals surface area contributed by atoms with E-state index in [0.29, 0.717) is 33.3 Å². The summed E-state index contributed by atoms with van der Waals surface area (Å²) in [7, 11) is 1.46. The maximum atomic E-state index is 13.3. The number of benzene rings is 2. The maximum absolute atomic E-state index is 13.3. The summed E-state index contributed by atoms with van der Waals surface area (Å²) in [6.45, 7) is -0.449. The van der Waals surface area contributed by atoms with Crippen LogP contribution in [0.15, 0.2) is 45.8 Å². The van der Waals surface area contributed by atoms with Crippen LogP contribution in [0, 0.1) is 18.2 Å². The number of imide groups is 1. The highest BCUT2D eigenvalue weighted by molar-refractivity contribution is 9.10. The van der Waals surface area contributed by atoms with Crippen molar-refractivity contribution in [1.82, 2.24) is 4.90 Å². The number of amides is 3. The summed E-state index contributed by atoms with van der Waals surface area (Å²) in [6, 6.07) is 8.60. The predicted octanol–water partition coefficient (Wildman–Crippen LogP) is 4.28. The zero-order chi connectivity index (χ0) is 23.3. The number of hydrogen-bond donors (Lipinski definition) is 1. The average molecular weight is 519 g/mol. The lowest BCUT2D eigenvalue weighted by Crippen LogP contribution is -2.36. The van der Waals surface area contributed by atoms with Crippen molar-refractivity contribution < 1.29 is 28.2 Å². The Morgan fingerprint density at radius 2 is 2.12 bits per heavy atom. The molecule has 7 nitrogen and oxygen atoms in total. The molecular weight excluding hydrogens is 503 g/mol. The van der Waals surface area contributed by atoms with E-state index in [-0.39, 0.29) is 17.2 Å². The first kappa shape index (κ1) is 23.4. The molecule has 1 N–H and O–H groups in total. The first-order valence-electron chi connectivity index (χ1n) is 9.07. The molecule has 2 aromatic rings. The van der Waals surface area contributed by atoms with E-state index in [9.17, 15) is 18.8 Å². The van der Waals surface area contributed by atoms with Crippen LogP contribution in [0.25, 0.3) is 6.08 Å². The normalized spacial score (nSPS) is 14.4. The second-order valence-electron chi connectivity index (χ2n) is 6.35. The second-order valence-corrected chi connectivity index (χ2v) is 8.20. The minimum Gasteiger partial charge on any atom is -0.493 e. The van der Waals surface area contributed by atoms with Crippen LogP contribution in [-0.4, -0.2) is 42.2 Å². The molecule has 0 spiro atoms. The van der Waals surface area contributed by atoms with Crippen LogP contribution in [0.4, 0.5) is 14.9 Å². The van der Waals surface area contributed by atoms with Gasteiger partial charge in [-0.15, -0.1) is 6.42 Å². The van der Waals surface area contributed by atoms with Gasteiger partial charge in [0.05, 0.1) is 16.5 Å². The molecule has 0 radical (unpaired) electrons. The fourth-order valence-electron chi connectivity index (χ4n) is 2.78. The SMILES string of the molecule is C#CCOc1c(Br)cc(/C=C2/SC(=O)N(CC(=O)Nc3cccc(F)c3)C2=O)cc1OC. The zero-order valence-electron chi connectivity index (χ0n) is 16.7. The number of terminal acetylenes is 1. The fraction of sp³-hybridized carbons (Fsp3) is 0.136. The molecule has 1 fully saturated rings. The number of nitrogens with one attached hydrogen (secondary N) is 1. The van der Waals surface area contributed by atoms with Crippen molar-refractivity contribution in [2.75, 3.05) is 25.6 Å². The number of ether oxygens (including phenoxy) is 2. The molecule has 3 amide bonds. The molecule has 2 aromatic carbocycles. The predicted molar refractivity (Wildman–Crippen MR) is 123 cm³/mol. The number of halogens is 2. The summed E-state index contributed by atoms with van der Waals surface area (Å²) in [4.78, 5) is 38.2. The Labute approximate surface area is 196 Å². The molecule has 1 heterocycles. The van der Waals surface area contributed by atoms with E-state index in [0.717, 1.165) is 11.0 Å². The molecule has 0 unspecified atom stereocenters. The van der Waals surface area contributed by atoms with Crippen molar-refractivity contribution >= 4 is 56.5 Å². The molecule has 164 valence electrons. The summed E-state index contributed by atoms with van der Waals surface area (Å²) in [5.41, 5.74) is 0.790. The minimum absolute atomic E-state index is 0.0465. The third kappa shape index (κ3) is 5.49. The van der Waals surface area contributed by atoms with E-state index in [2.05, 4.69) is 27.2 Å². The van der Waals surface area contributed by atoms with Gasteiger partial charge in [-0.25, -0.2) is 4.39 Å². The van der Waals surface area contributed by atoms with Gasteiger partial charge in [0.2, 0.25) is 5.91 Å². The monoisotopic (exact) mass is 518 g/mol. The molecule has 0 saturated carbocycles. The number of carbonyl (C=O) groups excluding carboxylic acids is 3. The van der Waals surface area contributed by atoms with Gasteiger partial charge >= 0.3 is 0 Å². The van der Waals surface area contributed by atoms with Crippen LogP contribution in [0.5, 0.6) is 11.5 Å². The van der Waals surface area contributed by atoms with Gasteiger partial charge in [-0.3, -0.25) is 19.3 Å². The van der Waals surface area contributed by atoms with Gasteiger partial charge in [-0.2, -0.15) is 0 Å². The third-order valence-electron chi connectivity index (χ3n) is 4.13. The number of thioether (sulfide) groups is 1. The van der Waals surface area contributed by atoms with E-state index < -0.39 is 29.4 Å². The summed E-state index contributed by atoms with van der Waals surface area (Å²) in [6.07, 6.45) is 6.73. The molecule has 1 saturated heterocycles. The van der Waals surface area contributed by atoms with Gasteiger partial charge in [0, 0.05) is 5.69 Å². The van der Waals surface area contributed by atoms with Gasteiger partial charge in [0.1, 0.15) is 19.0 Å². The Balaban J connectivity index is 1.76. The Bertz CT molecular complexity index is 1160. The number of rotatable bonds is 7. The Kier molecular flexibility index (Phi) is 7.56. The summed E-state index contributed by atoms with van der Waals surface area (Å²) >= 11 is 4.08. The van der Waals surface area contributed by atoms with Gasteiger partial charge in [-0.05, 0) is 69.7 Å². The minimum atomic E-state index is -0.626. The van der Waals surface area contributed by atoms with Gasteiger partial charge in [0.15, 0.2) is 11.5 Å². The van der Waals surface area contributed by atoms with Crippen LogP contribution >= 0.6 is 27.7 Å². The molecular formula is C22H16BrFN2O5S. The number of anilines is 1. The van der Waals surface area contributed by atoms with E-state index in [1.165, 1.54) is 31.4 Å². The lowest BCUT2D eigenvalue weighted by Gasteiger charge is -2.13.